The molecule has 2 aromatic carbocycles. The van der Waals surface area contributed by atoms with Crippen molar-refractivity contribution in [2.75, 3.05) is 0 Å². The normalized spacial score (nSPS) is 13.1. The van der Waals surface area contributed by atoms with Gasteiger partial charge in [-0.3, -0.25) is 0 Å². The summed E-state index contributed by atoms with van der Waals surface area (Å²) < 4.78 is 46.8. The highest BCUT2D eigenvalue weighted by Gasteiger charge is 2.39. The minimum absolute atomic E-state index is 0.00982. The number of carbonyl (C=O) groups excluding carboxylic acids is 1. The Morgan fingerprint density at radius 2 is 1.86 bits per heavy atom. The molecular weight excluding hydrogens is 515 g/mol. The van der Waals surface area contributed by atoms with E-state index in [1.165, 1.54) is 6.08 Å². The van der Waals surface area contributed by atoms with Crippen molar-refractivity contribution in [1.82, 2.24) is 5.32 Å². The lowest BCUT2D eigenvalue weighted by molar-refractivity contribution is -0.145. The van der Waals surface area contributed by atoms with Crippen LogP contribution in [0.4, 0.5) is 18.0 Å². The summed E-state index contributed by atoms with van der Waals surface area (Å²) in [5, 5.41) is 12.7. The molecule has 0 radical (unpaired) electrons. The first-order chi connectivity index (χ1) is 16.7. The van der Waals surface area contributed by atoms with Crippen LogP contribution in [0.1, 0.15) is 51.2 Å². The molecule has 2 aromatic rings. The second kappa shape index (κ2) is 12.1. The number of rotatable bonds is 10. The fourth-order valence-electron chi connectivity index (χ4n) is 3.49. The molecule has 5 nitrogen and oxygen atoms in total. The number of carbonyl (C=O) groups is 2. The van der Waals surface area contributed by atoms with Gasteiger partial charge in [-0.05, 0) is 77.1 Å². The monoisotopic (exact) mass is 543 g/mol. The van der Waals surface area contributed by atoms with Gasteiger partial charge in [-0.25, -0.2) is 22.8 Å². The van der Waals surface area contributed by atoms with Gasteiger partial charge in [0.05, 0.1) is 4.90 Å². The van der Waals surface area contributed by atoms with Gasteiger partial charge < -0.3 is 15.2 Å². The molecule has 0 aliphatic rings. The Morgan fingerprint density at radius 1 is 1.19 bits per heavy atom. The number of nitrogens with one attached hydrogen (secondary N) is 1. The molecule has 0 aromatic heterocycles. The van der Waals surface area contributed by atoms with Crippen LogP contribution in [0.2, 0.25) is 5.02 Å². The Morgan fingerprint density at radius 3 is 2.42 bits per heavy atom. The quantitative estimate of drug-likeness (QED) is 0.240. The molecule has 196 valence electrons. The van der Waals surface area contributed by atoms with Gasteiger partial charge in [-0.15, -0.1) is 6.58 Å². The SMILES string of the molecule is C=CCC(CCCc1ccc(Sc2cc(F)c(F)c(C)c2F)cc1Cl)(NC(=O)OC(C)(C)C)C(=O)O. The molecule has 0 saturated carbocycles. The smallest absolute Gasteiger partial charge is 0.408 e. The number of aliphatic carboxylic acids is 1. The maximum atomic E-state index is 14.3. The van der Waals surface area contributed by atoms with E-state index in [4.69, 9.17) is 16.3 Å². The van der Waals surface area contributed by atoms with Gasteiger partial charge in [-0.2, -0.15) is 0 Å². The number of hydrogen-bond donors (Lipinski definition) is 2. The van der Waals surface area contributed by atoms with Crippen molar-refractivity contribution in [2.45, 2.75) is 74.3 Å². The maximum absolute atomic E-state index is 14.3. The molecule has 2 rings (SSSR count). The zero-order chi connectivity index (χ0) is 27.3. The average Bonchev–Trinajstić information content (AvgIpc) is 2.76. The number of carboxylic acids is 1. The predicted octanol–water partition coefficient (Wildman–Crippen LogP) is 7.46. The third-order valence-electron chi connectivity index (χ3n) is 5.29. The van der Waals surface area contributed by atoms with E-state index in [0.29, 0.717) is 28.3 Å². The highest BCUT2D eigenvalue weighted by atomic mass is 35.5. The van der Waals surface area contributed by atoms with E-state index in [2.05, 4.69) is 11.9 Å². The molecule has 2 N–H and O–H groups in total. The minimum atomic E-state index is -1.60. The average molecular weight is 544 g/mol. The van der Waals surface area contributed by atoms with Crippen LogP contribution in [0.3, 0.4) is 0 Å². The van der Waals surface area contributed by atoms with Gasteiger partial charge in [0.2, 0.25) is 0 Å². The van der Waals surface area contributed by atoms with Crippen LogP contribution in [0, 0.1) is 24.4 Å². The molecule has 1 atom stereocenters. The Hall–Kier alpha value is -2.65. The zero-order valence-corrected chi connectivity index (χ0v) is 22.1. The molecule has 0 aliphatic carbocycles. The van der Waals surface area contributed by atoms with Gasteiger partial charge in [0, 0.05) is 15.5 Å². The largest absolute Gasteiger partial charge is 0.479 e. The second-order valence-electron chi connectivity index (χ2n) is 9.33. The Balaban J connectivity index is 2.13. The molecule has 10 heteroatoms. The molecule has 0 fully saturated rings. The third kappa shape index (κ3) is 7.67. The number of benzene rings is 2. The predicted molar refractivity (Wildman–Crippen MR) is 134 cm³/mol. The van der Waals surface area contributed by atoms with Gasteiger partial charge in [-0.1, -0.05) is 35.5 Å². The summed E-state index contributed by atoms with van der Waals surface area (Å²) in [5.74, 6) is -4.42. The number of amides is 1. The van der Waals surface area contributed by atoms with Crippen molar-refractivity contribution in [3.8, 4) is 0 Å². The molecular formula is C26H29ClF3NO4S. The number of halogens is 4. The summed E-state index contributed by atoms with van der Waals surface area (Å²) in [7, 11) is 0. The van der Waals surface area contributed by atoms with E-state index in [-0.39, 0.29) is 17.7 Å². The van der Waals surface area contributed by atoms with Crippen molar-refractivity contribution in [3.63, 3.8) is 0 Å². The molecule has 1 unspecified atom stereocenters. The first kappa shape index (κ1) is 29.6. The summed E-state index contributed by atoms with van der Waals surface area (Å²) in [6.07, 6.45) is 1.41. The van der Waals surface area contributed by atoms with Gasteiger partial charge in [0.1, 0.15) is 17.0 Å². The molecule has 0 saturated heterocycles. The van der Waals surface area contributed by atoms with Gasteiger partial charge in [0.25, 0.3) is 0 Å². The maximum Gasteiger partial charge on any atom is 0.408 e. The molecule has 0 aliphatic heterocycles. The third-order valence-corrected chi connectivity index (χ3v) is 6.65. The fraction of sp³-hybridized carbons (Fsp3) is 0.385. The number of aryl methyl sites for hydroxylation is 1. The Bertz CT molecular complexity index is 1150. The number of hydrogen-bond acceptors (Lipinski definition) is 4. The molecule has 0 spiro atoms. The number of ether oxygens (including phenoxy) is 1. The van der Waals surface area contributed by atoms with E-state index in [0.717, 1.165) is 24.8 Å². The van der Waals surface area contributed by atoms with Crippen LogP contribution >= 0.6 is 23.4 Å². The minimum Gasteiger partial charge on any atom is -0.479 e. The second-order valence-corrected chi connectivity index (χ2v) is 10.8. The first-order valence-corrected chi connectivity index (χ1v) is 12.3. The van der Waals surface area contributed by atoms with Crippen molar-refractivity contribution < 1.29 is 32.6 Å². The zero-order valence-electron chi connectivity index (χ0n) is 20.5. The fourth-order valence-corrected chi connectivity index (χ4v) is 4.80. The summed E-state index contributed by atoms with van der Waals surface area (Å²) >= 11 is 7.30. The van der Waals surface area contributed by atoms with E-state index < -0.39 is 46.2 Å². The summed E-state index contributed by atoms with van der Waals surface area (Å²) in [6.45, 7) is 9.79. The van der Waals surface area contributed by atoms with Crippen LogP contribution in [-0.4, -0.2) is 28.3 Å². The van der Waals surface area contributed by atoms with Gasteiger partial charge in [0.15, 0.2) is 11.6 Å². The lowest BCUT2D eigenvalue weighted by Gasteiger charge is -2.31. The molecule has 0 heterocycles. The van der Waals surface area contributed by atoms with Crippen molar-refractivity contribution in [2.24, 2.45) is 0 Å². The van der Waals surface area contributed by atoms with E-state index in [1.54, 1.807) is 39.0 Å². The van der Waals surface area contributed by atoms with Gasteiger partial charge >= 0.3 is 12.1 Å². The van der Waals surface area contributed by atoms with E-state index in [9.17, 15) is 27.9 Å². The van der Waals surface area contributed by atoms with Crippen LogP contribution in [0.5, 0.6) is 0 Å². The molecule has 0 bridgehead atoms. The Labute approximate surface area is 218 Å². The van der Waals surface area contributed by atoms with E-state index in [1.807, 2.05) is 0 Å². The van der Waals surface area contributed by atoms with Crippen molar-refractivity contribution in [1.29, 1.82) is 0 Å². The number of carboxylic acid groups (broad SMARTS) is 1. The van der Waals surface area contributed by atoms with Crippen LogP contribution < -0.4 is 5.32 Å². The lowest BCUT2D eigenvalue weighted by atomic mass is 9.88. The highest BCUT2D eigenvalue weighted by molar-refractivity contribution is 7.99. The van der Waals surface area contributed by atoms with Crippen LogP contribution in [0.25, 0.3) is 0 Å². The Kier molecular flexibility index (Phi) is 9.91. The van der Waals surface area contributed by atoms with Crippen molar-refractivity contribution >= 4 is 35.4 Å². The molecule has 1 amide bonds. The molecule has 36 heavy (non-hydrogen) atoms. The first-order valence-electron chi connectivity index (χ1n) is 11.1. The van der Waals surface area contributed by atoms with E-state index >= 15 is 0 Å². The summed E-state index contributed by atoms with van der Waals surface area (Å²) in [6, 6.07) is 5.74. The lowest BCUT2D eigenvalue weighted by Crippen LogP contribution is -2.55. The van der Waals surface area contributed by atoms with Crippen LogP contribution in [0.15, 0.2) is 46.7 Å². The van der Waals surface area contributed by atoms with Crippen molar-refractivity contribution in [3.05, 3.63) is 70.5 Å². The van der Waals surface area contributed by atoms with Crippen LogP contribution in [-0.2, 0) is 16.0 Å². The summed E-state index contributed by atoms with van der Waals surface area (Å²) in [4.78, 5) is 24.8. The topological polar surface area (TPSA) is 75.6 Å². The summed E-state index contributed by atoms with van der Waals surface area (Å²) in [5.41, 5.74) is -2.09. The highest BCUT2D eigenvalue weighted by Crippen LogP contribution is 2.35. The number of alkyl carbamates (subject to hydrolysis) is 1. The standard InChI is InChI=1S/C26H29ClF3NO4S/c1-6-11-26(23(32)33,31-24(34)35-25(3,4)5)12-7-8-16-9-10-17(13-18(16)27)36-20-14-19(28)21(29)15(2)22(20)30/h6,9-10,13-14H,1,7-8,11-12H2,2-5H3,(H,31,34)(H,32,33).